The van der Waals surface area contributed by atoms with E-state index in [1.807, 2.05) is 0 Å². The SMILES string of the molecule is O=C1CN(c2nnc(CCC3CCCCC3)n2CC2CCCO2)CCN1. The zero-order chi connectivity index (χ0) is 17.8. The molecule has 2 saturated heterocycles. The number of ether oxygens (including phenoxy) is 1. The van der Waals surface area contributed by atoms with Gasteiger partial charge in [-0.05, 0) is 25.2 Å². The second-order valence-corrected chi connectivity index (χ2v) is 7.98. The third-order valence-electron chi connectivity index (χ3n) is 6.04. The molecule has 1 amide bonds. The van der Waals surface area contributed by atoms with Crippen molar-refractivity contribution < 1.29 is 9.53 Å². The third-order valence-corrected chi connectivity index (χ3v) is 6.04. The van der Waals surface area contributed by atoms with E-state index < -0.39 is 0 Å². The van der Waals surface area contributed by atoms with Crippen LogP contribution < -0.4 is 10.2 Å². The summed E-state index contributed by atoms with van der Waals surface area (Å²) in [5.74, 6) is 2.80. The molecule has 144 valence electrons. The number of amides is 1. The number of anilines is 1. The van der Waals surface area contributed by atoms with Gasteiger partial charge in [0.1, 0.15) is 5.82 Å². The minimum atomic E-state index is 0.0617. The third kappa shape index (κ3) is 4.19. The summed E-state index contributed by atoms with van der Waals surface area (Å²) in [6, 6.07) is 0. The Bertz CT molecular complexity index is 605. The van der Waals surface area contributed by atoms with Gasteiger partial charge in [-0.1, -0.05) is 32.1 Å². The molecule has 2 aliphatic heterocycles. The molecule has 3 aliphatic rings. The highest BCUT2D eigenvalue weighted by atomic mass is 16.5. The van der Waals surface area contributed by atoms with Crippen LogP contribution in [0.5, 0.6) is 0 Å². The van der Waals surface area contributed by atoms with Crippen molar-refractivity contribution >= 4 is 11.9 Å². The van der Waals surface area contributed by atoms with Crippen LogP contribution in [0.1, 0.15) is 57.2 Å². The van der Waals surface area contributed by atoms with E-state index in [0.717, 1.165) is 56.6 Å². The van der Waals surface area contributed by atoms with E-state index in [1.165, 1.54) is 38.5 Å². The first-order valence-electron chi connectivity index (χ1n) is 10.3. The predicted octanol–water partition coefficient (Wildman–Crippen LogP) is 1.91. The number of hydrogen-bond acceptors (Lipinski definition) is 5. The molecule has 0 bridgehead atoms. The maximum absolute atomic E-state index is 11.8. The van der Waals surface area contributed by atoms with Crippen molar-refractivity contribution in [2.75, 3.05) is 31.1 Å². The number of carbonyl (C=O) groups is 1. The van der Waals surface area contributed by atoms with E-state index in [0.29, 0.717) is 13.1 Å². The lowest BCUT2D eigenvalue weighted by Gasteiger charge is -2.28. The van der Waals surface area contributed by atoms with Gasteiger partial charge in [0.05, 0.1) is 19.2 Å². The Morgan fingerprint density at radius 2 is 2.00 bits per heavy atom. The molecular formula is C19H31N5O2. The number of rotatable bonds is 6. The second kappa shape index (κ2) is 8.37. The number of aromatic nitrogens is 3. The molecule has 1 unspecified atom stereocenters. The summed E-state index contributed by atoms with van der Waals surface area (Å²) in [6.07, 6.45) is 11.5. The number of piperazine rings is 1. The number of hydrogen-bond donors (Lipinski definition) is 1. The number of carbonyl (C=O) groups excluding carboxylic acids is 1. The second-order valence-electron chi connectivity index (χ2n) is 7.98. The van der Waals surface area contributed by atoms with Crippen LogP contribution in [0.4, 0.5) is 5.95 Å². The molecule has 1 saturated carbocycles. The van der Waals surface area contributed by atoms with Gasteiger partial charge in [-0.15, -0.1) is 10.2 Å². The molecule has 0 aromatic carbocycles. The van der Waals surface area contributed by atoms with Crippen molar-refractivity contribution in [1.29, 1.82) is 0 Å². The summed E-state index contributed by atoms with van der Waals surface area (Å²) in [7, 11) is 0. The van der Waals surface area contributed by atoms with Crippen LogP contribution in [0.15, 0.2) is 0 Å². The molecule has 26 heavy (non-hydrogen) atoms. The molecule has 7 heteroatoms. The van der Waals surface area contributed by atoms with Gasteiger partial charge >= 0.3 is 0 Å². The zero-order valence-electron chi connectivity index (χ0n) is 15.7. The van der Waals surface area contributed by atoms with Gasteiger partial charge in [0, 0.05) is 26.1 Å². The van der Waals surface area contributed by atoms with E-state index in [2.05, 4.69) is 25.0 Å². The molecule has 3 heterocycles. The molecule has 0 spiro atoms. The molecule has 1 aromatic rings. The fraction of sp³-hybridized carbons (Fsp3) is 0.842. The lowest BCUT2D eigenvalue weighted by molar-refractivity contribution is -0.120. The van der Waals surface area contributed by atoms with E-state index in [4.69, 9.17) is 4.74 Å². The van der Waals surface area contributed by atoms with Crippen molar-refractivity contribution in [3.05, 3.63) is 5.82 Å². The van der Waals surface area contributed by atoms with Crippen molar-refractivity contribution in [1.82, 2.24) is 20.1 Å². The summed E-state index contributed by atoms with van der Waals surface area (Å²) in [5.41, 5.74) is 0. The predicted molar refractivity (Wildman–Crippen MR) is 99.1 cm³/mol. The number of nitrogens with one attached hydrogen (secondary N) is 1. The van der Waals surface area contributed by atoms with Gasteiger partial charge in [0.2, 0.25) is 11.9 Å². The average molecular weight is 361 g/mol. The average Bonchev–Trinajstić information content (AvgIpc) is 3.31. The summed E-state index contributed by atoms with van der Waals surface area (Å²) in [6.45, 7) is 3.49. The highest BCUT2D eigenvalue weighted by Crippen LogP contribution is 2.28. The lowest BCUT2D eigenvalue weighted by Crippen LogP contribution is -2.48. The monoisotopic (exact) mass is 361 g/mol. The summed E-state index contributed by atoms with van der Waals surface area (Å²) >= 11 is 0. The number of nitrogens with zero attached hydrogens (tertiary/aromatic N) is 4. The maximum atomic E-state index is 11.8. The van der Waals surface area contributed by atoms with Crippen LogP contribution in [0.2, 0.25) is 0 Å². The Balaban J connectivity index is 1.49. The van der Waals surface area contributed by atoms with Crippen molar-refractivity contribution in [2.24, 2.45) is 5.92 Å². The molecule has 7 nitrogen and oxygen atoms in total. The van der Waals surface area contributed by atoms with Crippen molar-refractivity contribution in [3.63, 3.8) is 0 Å². The van der Waals surface area contributed by atoms with Gasteiger partial charge in [-0.2, -0.15) is 0 Å². The topological polar surface area (TPSA) is 72.3 Å². The normalized spacial score (nSPS) is 24.8. The maximum Gasteiger partial charge on any atom is 0.239 e. The first-order chi connectivity index (χ1) is 12.8. The molecule has 1 aromatic heterocycles. The Morgan fingerprint density at radius 3 is 2.77 bits per heavy atom. The lowest BCUT2D eigenvalue weighted by atomic mass is 9.86. The summed E-state index contributed by atoms with van der Waals surface area (Å²) < 4.78 is 8.10. The fourth-order valence-corrected chi connectivity index (χ4v) is 4.54. The Labute approximate surface area is 155 Å². The number of aryl methyl sites for hydroxylation is 1. The Hall–Kier alpha value is -1.63. The largest absolute Gasteiger partial charge is 0.376 e. The standard InChI is InChI=1S/C19H31N5O2/c25-18-14-23(11-10-20-18)19-22-21-17(9-8-15-5-2-1-3-6-15)24(19)13-16-7-4-12-26-16/h15-16H,1-14H2,(H,20,25). The highest BCUT2D eigenvalue weighted by molar-refractivity contribution is 5.81. The van der Waals surface area contributed by atoms with Crippen LogP contribution in [0, 0.1) is 5.92 Å². The summed E-state index contributed by atoms with van der Waals surface area (Å²) in [4.78, 5) is 13.9. The first-order valence-corrected chi connectivity index (χ1v) is 10.3. The minimum absolute atomic E-state index is 0.0617. The van der Waals surface area contributed by atoms with Crippen LogP contribution in [0.3, 0.4) is 0 Å². The molecule has 0 radical (unpaired) electrons. The molecule has 1 atom stereocenters. The Kier molecular flexibility index (Phi) is 5.72. The smallest absolute Gasteiger partial charge is 0.239 e. The highest BCUT2D eigenvalue weighted by Gasteiger charge is 2.26. The van der Waals surface area contributed by atoms with Crippen LogP contribution in [-0.2, 0) is 22.5 Å². The Morgan fingerprint density at radius 1 is 1.12 bits per heavy atom. The fourth-order valence-electron chi connectivity index (χ4n) is 4.54. The van der Waals surface area contributed by atoms with Gasteiger partial charge in [-0.3, -0.25) is 9.36 Å². The van der Waals surface area contributed by atoms with E-state index in [1.54, 1.807) is 0 Å². The van der Waals surface area contributed by atoms with Gasteiger partial charge in [-0.25, -0.2) is 0 Å². The van der Waals surface area contributed by atoms with Gasteiger partial charge in [0.15, 0.2) is 0 Å². The molecule has 1 aliphatic carbocycles. The van der Waals surface area contributed by atoms with Gasteiger partial charge < -0.3 is 15.0 Å². The minimum Gasteiger partial charge on any atom is -0.376 e. The summed E-state index contributed by atoms with van der Waals surface area (Å²) in [5, 5.41) is 11.9. The molecule has 3 fully saturated rings. The molecular weight excluding hydrogens is 330 g/mol. The quantitative estimate of drug-likeness (QED) is 0.838. The van der Waals surface area contributed by atoms with E-state index in [-0.39, 0.29) is 12.0 Å². The molecule has 1 N–H and O–H groups in total. The van der Waals surface area contributed by atoms with Crippen molar-refractivity contribution in [3.8, 4) is 0 Å². The van der Waals surface area contributed by atoms with Gasteiger partial charge in [0.25, 0.3) is 0 Å². The van der Waals surface area contributed by atoms with E-state index >= 15 is 0 Å². The molecule has 4 rings (SSSR count). The van der Waals surface area contributed by atoms with Crippen LogP contribution in [-0.4, -0.2) is 53.0 Å². The first kappa shape index (κ1) is 17.8. The van der Waals surface area contributed by atoms with E-state index in [9.17, 15) is 4.79 Å². The zero-order valence-corrected chi connectivity index (χ0v) is 15.7. The van der Waals surface area contributed by atoms with Crippen molar-refractivity contribution in [2.45, 2.75) is 70.4 Å². The van der Waals surface area contributed by atoms with Crippen LogP contribution in [0.25, 0.3) is 0 Å². The van der Waals surface area contributed by atoms with Crippen LogP contribution >= 0.6 is 0 Å².